The van der Waals surface area contributed by atoms with Gasteiger partial charge in [0, 0.05) is 25.4 Å². The van der Waals surface area contributed by atoms with Crippen molar-refractivity contribution in [1.82, 2.24) is 14.5 Å². The van der Waals surface area contributed by atoms with E-state index >= 15 is 0 Å². The van der Waals surface area contributed by atoms with Gasteiger partial charge in [0.05, 0.1) is 17.6 Å². The summed E-state index contributed by atoms with van der Waals surface area (Å²) in [6.45, 7) is 6.36. The van der Waals surface area contributed by atoms with Crippen LogP contribution in [-0.2, 0) is 17.9 Å². The maximum atomic E-state index is 13.3. The number of benzene rings is 3. The zero-order valence-electron chi connectivity index (χ0n) is 19.5. The molecule has 5 nitrogen and oxygen atoms in total. The smallest absolute Gasteiger partial charge is 0.223 e. The van der Waals surface area contributed by atoms with Gasteiger partial charge >= 0.3 is 0 Å². The summed E-state index contributed by atoms with van der Waals surface area (Å²) in [7, 11) is 0. The Labute approximate surface area is 198 Å². The molecule has 0 aliphatic carbocycles. The van der Waals surface area contributed by atoms with E-state index in [4.69, 9.17) is 9.72 Å². The van der Waals surface area contributed by atoms with Gasteiger partial charge in [-0.1, -0.05) is 30.3 Å². The fourth-order valence-electron chi connectivity index (χ4n) is 4.82. The minimum absolute atomic E-state index is 0.00145. The molecular weight excluding hydrogens is 429 g/mol. The van der Waals surface area contributed by atoms with Crippen molar-refractivity contribution in [2.45, 2.75) is 39.3 Å². The van der Waals surface area contributed by atoms with Gasteiger partial charge in [-0.3, -0.25) is 4.79 Å². The minimum Gasteiger partial charge on any atom is -0.492 e. The number of imidazole rings is 1. The molecule has 1 amide bonds. The first kappa shape index (κ1) is 22.1. The van der Waals surface area contributed by atoms with Crippen LogP contribution in [0.1, 0.15) is 34.9 Å². The molecule has 1 aliphatic heterocycles. The molecule has 1 fully saturated rings. The van der Waals surface area contributed by atoms with E-state index in [9.17, 15) is 9.18 Å². The Kier molecular flexibility index (Phi) is 6.05. The van der Waals surface area contributed by atoms with Crippen molar-refractivity contribution in [3.63, 3.8) is 0 Å². The molecule has 4 aromatic rings. The summed E-state index contributed by atoms with van der Waals surface area (Å²) in [5.74, 6) is 1.61. The van der Waals surface area contributed by atoms with Gasteiger partial charge in [0.15, 0.2) is 0 Å². The van der Waals surface area contributed by atoms with Gasteiger partial charge in [0.25, 0.3) is 0 Å². The van der Waals surface area contributed by atoms with E-state index in [1.807, 2.05) is 35.2 Å². The molecule has 5 rings (SSSR count). The number of aryl methyl sites for hydroxylation is 2. The summed E-state index contributed by atoms with van der Waals surface area (Å²) in [4.78, 5) is 19.6. The molecule has 2 heterocycles. The number of nitrogens with zero attached hydrogens (tertiary/aromatic N) is 3. The van der Waals surface area contributed by atoms with Crippen molar-refractivity contribution in [2.24, 2.45) is 0 Å². The second-order valence-electron chi connectivity index (χ2n) is 9.08. The largest absolute Gasteiger partial charge is 0.492 e. The van der Waals surface area contributed by atoms with Crippen molar-refractivity contribution in [1.29, 1.82) is 0 Å². The number of para-hydroxylation sites is 2. The van der Waals surface area contributed by atoms with Crippen LogP contribution in [0.25, 0.3) is 11.0 Å². The Morgan fingerprint density at radius 2 is 1.76 bits per heavy atom. The molecule has 1 saturated heterocycles. The number of amides is 1. The lowest BCUT2D eigenvalue weighted by Crippen LogP contribution is -2.24. The first-order valence-electron chi connectivity index (χ1n) is 11.6. The third-order valence-corrected chi connectivity index (χ3v) is 6.33. The van der Waals surface area contributed by atoms with Gasteiger partial charge in [-0.15, -0.1) is 0 Å². The molecule has 0 saturated carbocycles. The van der Waals surface area contributed by atoms with Gasteiger partial charge in [0.1, 0.15) is 24.0 Å². The number of halogens is 1. The molecule has 0 bridgehead atoms. The van der Waals surface area contributed by atoms with Crippen molar-refractivity contribution in [2.75, 3.05) is 13.2 Å². The highest BCUT2D eigenvalue weighted by atomic mass is 19.1. The summed E-state index contributed by atoms with van der Waals surface area (Å²) in [6, 6.07) is 20.6. The minimum atomic E-state index is -0.272. The maximum Gasteiger partial charge on any atom is 0.223 e. The summed E-state index contributed by atoms with van der Waals surface area (Å²) in [6.07, 6.45) is 0.419. The molecule has 0 N–H and O–H groups in total. The first-order chi connectivity index (χ1) is 16.5. The number of hydrogen-bond donors (Lipinski definition) is 0. The van der Waals surface area contributed by atoms with Crippen LogP contribution in [0.4, 0.5) is 4.39 Å². The molecule has 34 heavy (non-hydrogen) atoms. The number of aromatic nitrogens is 2. The maximum absolute atomic E-state index is 13.3. The van der Waals surface area contributed by atoms with Crippen molar-refractivity contribution < 1.29 is 13.9 Å². The Balaban J connectivity index is 1.35. The van der Waals surface area contributed by atoms with E-state index in [2.05, 4.69) is 30.5 Å². The zero-order chi connectivity index (χ0) is 23.7. The fourth-order valence-corrected chi connectivity index (χ4v) is 4.82. The lowest BCUT2D eigenvalue weighted by atomic mass is 10.1. The van der Waals surface area contributed by atoms with Crippen LogP contribution in [0.3, 0.4) is 0 Å². The average Bonchev–Trinajstić information content (AvgIpc) is 3.35. The number of carbonyl (C=O) groups excluding carboxylic acids is 1. The molecule has 1 atom stereocenters. The molecule has 1 unspecified atom stereocenters. The predicted molar refractivity (Wildman–Crippen MR) is 130 cm³/mol. The van der Waals surface area contributed by atoms with Gasteiger partial charge < -0.3 is 14.2 Å². The van der Waals surface area contributed by atoms with Crippen LogP contribution < -0.4 is 4.74 Å². The second kappa shape index (κ2) is 9.29. The van der Waals surface area contributed by atoms with Crippen LogP contribution in [0.2, 0.25) is 0 Å². The predicted octanol–water partition coefficient (Wildman–Crippen LogP) is 5.39. The van der Waals surface area contributed by atoms with E-state index in [1.54, 1.807) is 12.1 Å². The molecule has 0 radical (unpaired) electrons. The monoisotopic (exact) mass is 457 g/mol. The average molecular weight is 458 g/mol. The number of ether oxygens (including phenoxy) is 1. The highest BCUT2D eigenvalue weighted by molar-refractivity contribution is 5.81. The number of hydrogen-bond acceptors (Lipinski definition) is 3. The number of carbonyl (C=O) groups is 1. The van der Waals surface area contributed by atoms with Gasteiger partial charge in [-0.25, -0.2) is 9.37 Å². The molecular formula is C28H28FN3O2. The third-order valence-electron chi connectivity index (χ3n) is 6.33. The highest BCUT2D eigenvalue weighted by Crippen LogP contribution is 2.31. The van der Waals surface area contributed by atoms with E-state index in [0.29, 0.717) is 32.7 Å². The summed E-state index contributed by atoms with van der Waals surface area (Å²) >= 11 is 0. The molecule has 174 valence electrons. The lowest BCUT2D eigenvalue weighted by molar-refractivity contribution is -0.128. The van der Waals surface area contributed by atoms with Crippen LogP contribution in [-0.4, -0.2) is 33.5 Å². The van der Waals surface area contributed by atoms with E-state index in [1.165, 1.54) is 23.3 Å². The summed E-state index contributed by atoms with van der Waals surface area (Å²) in [5, 5.41) is 0. The van der Waals surface area contributed by atoms with Crippen LogP contribution >= 0.6 is 0 Å². The normalized spacial score (nSPS) is 15.9. The topological polar surface area (TPSA) is 47.4 Å². The van der Waals surface area contributed by atoms with Crippen LogP contribution in [0.15, 0.2) is 66.7 Å². The second-order valence-corrected chi connectivity index (χ2v) is 9.08. The van der Waals surface area contributed by atoms with Crippen molar-refractivity contribution in [3.8, 4) is 5.75 Å². The molecule has 1 aromatic heterocycles. The molecule has 1 aliphatic rings. The van der Waals surface area contributed by atoms with E-state index < -0.39 is 0 Å². The van der Waals surface area contributed by atoms with Crippen LogP contribution in [0, 0.1) is 19.7 Å². The van der Waals surface area contributed by atoms with Gasteiger partial charge in [0.2, 0.25) is 5.91 Å². The SMILES string of the molecule is Cc1cc(C)cc(OCCn2c(C3CC(=O)N(Cc4ccc(F)cc4)C3)nc3ccccc32)c1. The van der Waals surface area contributed by atoms with Gasteiger partial charge in [-0.2, -0.15) is 0 Å². The van der Waals surface area contributed by atoms with E-state index in [0.717, 1.165) is 28.2 Å². The third kappa shape index (κ3) is 4.67. The Hall–Kier alpha value is -3.67. The van der Waals surface area contributed by atoms with Gasteiger partial charge in [-0.05, 0) is 66.9 Å². The number of likely N-dealkylation sites (tertiary alicyclic amines) is 1. The fraction of sp³-hybridized carbons (Fsp3) is 0.286. The quantitative estimate of drug-likeness (QED) is 0.374. The highest BCUT2D eigenvalue weighted by Gasteiger charge is 2.34. The van der Waals surface area contributed by atoms with Crippen molar-refractivity contribution in [3.05, 3.63) is 95.1 Å². The van der Waals surface area contributed by atoms with Crippen LogP contribution in [0.5, 0.6) is 5.75 Å². The first-order valence-corrected chi connectivity index (χ1v) is 11.6. The lowest BCUT2D eigenvalue weighted by Gasteiger charge is -2.18. The zero-order valence-corrected chi connectivity index (χ0v) is 19.5. The Bertz CT molecular complexity index is 1310. The number of rotatable bonds is 7. The Morgan fingerprint density at radius 3 is 2.53 bits per heavy atom. The molecule has 6 heteroatoms. The Morgan fingerprint density at radius 1 is 1.03 bits per heavy atom. The summed E-state index contributed by atoms with van der Waals surface area (Å²) < 4.78 is 21.5. The number of fused-ring (bicyclic) bond motifs is 1. The molecule has 0 spiro atoms. The van der Waals surface area contributed by atoms with Crippen molar-refractivity contribution >= 4 is 16.9 Å². The molecule has 3 aromatic carbocycles. The van der Waals surface area contributed by atoms with E-state index in [-0.39, 0.29) is 17.6 Å². The summed E-state index contributed by atoms with van der Waals surface area (Å²) in [5.41, 5.74) is 5.24. The standard InChI is InChI=1S/C28H28FN3O2/c1-19-13-20(2)15-24(14-19)34-12-11-32-26-6-4-3-5-25(26)30-28(32)22-16-27(33)31(18-22)17-21-7-9-23(29)10-8-21/h3-10,13-15,22H,11-12,16-18H2,1-2H3.